The normalized spacial score (nSPS) is 15.6. The summed E-state index contributed by atoms with van der Waals surface area (Å²) in [5.74, 6) is 0.615. The fourth-order valence-electron chi connectivity index (χ4n) is 4.28. The highest BCUT2D eigenvalue weighted by Gasteiger charge is 2.33. The van der Waals surface area contributed by atoms with Crippen LogP contribution in [0.5, 0.6) is 5.75 Å². The molecule has 0 aliphatic carbocycles. The number of halogens is 1. The van der Waals surface area contributed by atoms with Gasteiger partial charge < -0.3 is 9.72 Å². The van der Waals surface area contributed by atoms with Crippen molar-refractivity contribution in [3.05, 3.63) is 95.4 Å². The molecule has 2 heterocycles. The van der Waals surface area contributed by atoms with Crippen LogP contribution in [0.1, 0.15) is 29.3 Å². The number of amides is 1. The number of hydrogen-bond acceptors (Lipinski definition) is 4. The number of hydrogen-bond donors (Lipinski definition) is 1. The maximum atomic E-state index is 13.6. The molecule has 0 bridgehead atoms. The van der Waals surface area contributed by atoms with Crippen LogP contribution in [0, 0.1) is 12.7 Å². The summed E-state index contributed by atoms with van der Waals surface area (Å²) in [6, 6.07) is 21.7. The van der Waals surface area contributed by atoms with Crippen molar-refractivity contribution in [3.63, 3.8) is 0 Å². The van der Waals surface area contributed by atoms with Gasteiger partial charge in [-0.25, -0.2) is 9.40 Å². The Morgan fingerprint density at radius 2 is 1.85 bits per heavy atom. The molecule has 1 aliphatic rings. The summed E-state index contributed by atoms with van der Waals surface area (Å²) in [6.45, 7) is 2.02. The molecule has 1 amide bonds. The molecule has 1 aromatic heterocycles. The highest BCUT2D eigenvalue weighted by molar-refractivity contribution is 8.00. The monoisotopic (exact) mass is 473 g/mol. The Kier molecular flexibility index (Phi) is 6.11. The third kappa shape index (κ3) is 4.31. The molecule has 4 aromatic rings. The zero-order valence-electron chi connectivity index (χ0n) is 18.9. The summed E-state index contributed by atoms with van der Waals surface area (Å²) in [5.41, 5.74) is 4.70. The fraction of sp³-hybridized carbons (Fsp3) is 0.185. The number of aromatic amines is 1. The van der Waals surface area contributed by atoms with E-state index in [1.54, 1.807) is 24.3 Å². The van der Waals surface area contributed by atoms with Crippen molar-refractivity contribution in [2.24, 2.45) is 5.10 Å². The molecule has 1 N–H and O–H groups in total. The van der Waals surface area contributed by atoms with Crippen molar-refractivity contribution in [1.29, 1.82) is 0 Å². The first-order chi connectivity index (χ1) is 16.5. The maximum absolute atomic E-state index is 13.6. The molecule has 5 nitrogen and oxygen atoms in total. The molecule has 1 aliphatic heterocycles. The minimum absolute atomic E-state index is 0.0903. The van der Waals surface area contributed by atoms with Gasteiger partial charge in [0.15, 0.2) is 0 Å². The number of H-pyrrole nitrogens is 1. The summed E-state index contributed by atoms with van der Waals surface area (Å²) in [4.78, 5) is 17.9. The largest absolute Gasteiger partial charge is 0.497 e. The van der Waals surface area contributed by atoms with E-state index in [4.69, 9.17) is 9.84 Å². The van der Waals surface area contributed by atoms with Gasteiger partial charge in [0.1, 0.15) is 11.6 Å². The van der Waals surface area contributed by atoms with E-state index >= 15 is 0 Å². The van der Waals surface area contributed by atoms with Gasteiger partial charge in [-0.2, -0.15) is 5.10 Å². The molecular formula is C27H24FN3O2S. The number of carbonyl (C=O) groups is 1. The van der Waals surface area contributed by atoms with E-state index in [-0.39, 0.29) is 23.5 Å². The number of carbonyl (C=O) groups excluding carboxylic acids is 1. The van der Waals surface area contributed by atoms with Crippen molar-refractivity contribution in [3.8, 4) is 5.75 Å². The molecular weight excluding hydrogens is 449 g/mol. The van der Waals surface area contributed by atoms with Crippen LogP contribution in [0.2, 0.25) is 0 Å². The lowest BCUT2D eigenvalue weighted by atomic mass is 9.98. The second kappa shape index (κ2) is 9.35. The first kappa shape index (κ1) is 22.2. The van der Waals surface area contributed by atoms with Crippen LogP contribution in [-0.2, 0) is 4.79 Å². The number of rotatable bonds is 6. The number of para-hydroxylation sites is 1. The van der Waals surface area contributed by atoms with Gasteiger partial charge in [-0.3, -0.25) is 4.79 Å². The van der Waals surface area contributed by atoms with Gasteiger partial charge in [0, 0.05) is 27.9 Å². The lowest BCUT2D eigenvalue weighted by molar-refractivity contribution is -0.130. The minimum atomic E-state index is -0.304. The van der Waals surface area contributed by atoms with Crippen molar-refractivity contribution < 1.29 is 13.9 Å². The van der Waals surface area contributed by atoms with Crippen molar-refractivity contribution in [2.45, 2.75) is 24.3 Å². The number of nitrogens with one attached hydrogen (secondary N) is 1. The number of ether oxygens (including phenoxy) is 1. The van der Waals surface area contributed by atoms with Crippen molar-refractivity contribution in [1.82, 2.24) is 9.99 Å². The average molecular weight is 474 g/mol. The smallest absolute Gasteiger partial charge is 0.253 e. The number of fused-ring (bicyclic) bond motifs is 1. The van der Waals surface area contributed by atoms with E-state index in [1.807, 2.05) is 49.4 Å². The summed E-state index contributed by atoms with van der Waals surface area (Å²) in [7, 11) is 1.63. The number of nitrogens with zero attached hydrogens (tertiary/aromatic N) is 2. The van der Waals surface area contributed by atoms with Crippen LogP contribution >= 0.6 is 11.8 Å². The Morgan fingerprint density at radius 3 is 2.59 bits per heavy atom. The van der Waals surface area contributed by atoms with E-state index in [9.17, 15) is 9.18 Å². The van der Waals surface area contributed by atoms with Gasteiger partial charge in [-0.15, -0.1) is 11.8 Å². The molecule has 0 spiro atoms. The van der Waals surface area contributed by atoms with Crippen LogP contribution in [0.15, 0.2) is 82.8 Å². The second-order valence-corrected chi connectivity index (χ2v) is 9.18. The summed E-state index contributed by atoms with van der Waals surface area (Å²) >= 11 is 1.51. The zero-order valence-corrected chi connectivity index (χ0v) is 19.7. The van der Waals surface area contributed by atoms with Crippen LogP contribution in [-0.4, -0.2) is 34.5 Å². The van der Waals surface area contributed by atoms with Crippen LogP contribution in [0.3, 0.4) is 0 Å². The Morgan fingerprint density at radius 1 is 1.12 bits per heavy atom. The molecule has 0 radical (unpaired) electrons. The second-order valence-electron chi connectivity index (χ2n) is 8.20. The van der Waals surface area contributed by atoms with E-state index in [1.165, 1.54) is 23.9 Å². The molecule has 7 heteroatoms. The van der Waals surface area contributed by atoms with E-state index < -0.39 is 0 Å². The number of aromatic nitrogens is 1. The molecule has 34 heavy (non-hydrogen) atoms. The van der Waals surface area contributed by atoms with E-state index in [2.05, 4.69) is 11.1 Å². The number of aryl methyl sites for hydroxylation is 1. The Labute approximate surface area is 201 Å². The average Bonchev–Trinajstić information content (AvgIpc) is 3.44. The maximum Gasteiger partial charge on any atom is 0.253 e. The molecule has 3 aromatic carbocycles. The van der Waals surface area contributed by atoms with Gasteiger partial charge in [-0.1, -0.05) is 30.3 Å². The number of hydrazone groups is 1. The van der Waals surface area contributed by atoms with E-state index in [0.717, 1.165) is 44.1 Å². The van der Waals surface area contributed by atoms with Gasteiger partial charge in [0.2, 0.25) is 0 Å². The Balaban J connectivity index is 1.42. The molecule has 0 saturated carbocycles. The van der Waals surface area contributed by atoms with Crippen molar-refractivity contribution in [2.75, 3.05) is 12.9 Å². The predicted molar refractivity (Wildman–Crippen MR) is 134 cm³/mol. The third-order valence-corrected chi connectivity index (χ3v) is 7.22. The standard InChI is InChI=1S/C27H24FN3O2S/c1-17-27(22-5-3-4-6-23(22)29-17)34-16-26(32)31-25(19-7-11-20(28)12-8-19)15-24(30-31)18-9-13-21(33-2)14-10-18/h3-14,25,29H,15-16H2,1-2H3/t25-/m1/s1. The Hall–Kier alpha value is -3.58. The molecule has 0 saturated heterocycles. The Bertz CT molecular complexity index is 1360. The summed E-state index contributed by atoms with van der Waals surface area (Å²) in [6.07, 6.45) is 0.556. The lowest BCUT2D eigenvalue weighted by Crippen LogP contribution is -2.28. The summed E-state index contributed by atoms with van der Waals surface area (Å²) in [5, 5.41) is 7.39. The first-order valence-electron chi connectivity index (χ1n) is 11.0. The van der Waals surface area contributed by atoms with Crippen molar-refractivity contribution >= 4 is 34.3 Å². The third-order valence-electron chi connectivity index (χ3n) is 6.02. The fourth-order valence-corrected chi connectivity index (χ4v) is 5.28. The summed E-state index contributed by atoms with van der Waals surface area (Å²) < 4.78 is 18.8. The number of benzene rings is 3. The lowest BCUT2D eigenvalue weighted by Gasteiger charge is -2.22. The zero-order chi connectivity index (χ0) is 23.7. The SMILES string of the molecule is COc1ccc(C2=NN(C(=O)CSc3c(C)[nH]c4ccccc34)[C@@H](c3ccc(F)cc3)C2)cc1. The molecule has 0 fully saturated rings. The molecule has 5 rings (SSSR count). The molecule has 1 atom stereocenters. The highest BCUT2D eigenvalue weighted by atomic mass is 32.2. The molecule has 0 unspecified atom stereocenters. The topological polar surface area (TPSA) is 57.7 Å². The van der Waals surface area contributed by atoms with Gasteiger partial charge in [-0.05, 0) is 60.5 Å². The quantitative estimate of drug-likeness (QED) is 0.345. The first-order valence-corrected chi connectivity index (χ1v) is 12.0. The highest BCUT2D eigenvalue weighted by Crippen LogP contribution is 2.36. The van der Waals surface area contributed by atoms with Crippen LogP contribution < -0.4 is 4.74 Å². The van der Waals surface area contributed by atoms with E-state index in [0.29, 0.717) is 6.42 Å². The number of thioether (sulfide) groups is 1. The molecule has 172 valence electrons. The van der Waals surface area contributed by atoms with Crippen LogP contribution in [0.25, 0.3) is 10.9 Å². The minimum Gasteiger partial charge on any atom is -0.497 e. The van der Waals surface area contributed by atoms with Gasteiger partial charge in [0.05, 0.1) is 24.6 Å². The van der Waals surface area contributed by atoms with Gasteiger partial charge in [0.25, 0.3) is 5.91 Å². The number of methoxy groups -OCH3 is 1. The van der Waals surface area contributed by atoms with Gasteiger partial charge >= 0.3 is 0 Å². The van der Waals surface area contributed by atoms with Crippen LogP contribution in [0.4, 0.5) is 4.39 Å². The predicted octanol–water partition coefficient (Wildman–Crippen LogP) is 6.09.